The summed E-state index contributed by atoms with van der Waals surface area (Å²) in [6.07, 6.45) is 3.52. The van der Waals surface area contributed by atoms with Crippen LogP contribution in [-0.4, -0.2) is 21.3 Å². The van der Waals surface area contributed by atoms with Gasteiger partial charge in [0.15, 0.2) is 0 Å². The molecule has 0 fully saturated rings. The first kappa shape index (κ1) is 12.8. The molecule has 0 aromatic carbocycles. The van der Waals surface area contributed by atoms with Crippen molar-refractivity contribution in [2.75, 3.05) is 6.54 Å². The first-order valence-corrected chi connectivity index (χ1v) is 6.51. The smallest absolute Gasteiger partial charge is 0.323 e. The molecule has 5 nitrogen and oxygen atoms in total. The molecule has 0 unspecified atom stereocenters. The Morgan fingerprint density at radius 2 is 2.06 bits per heavy atom. The van der Waals surface area contributed by atoms with Gasteiger partial charge in [-0.05, 0) is 25.5 Å². The molecule has 1 N–H and O–H groups in total. The third kappa shape index (κ3) is 2.61. The Labute approximate surface area is 107 Å². The zero-order chi connectivity index (χ0) is 13.0. The number of nitrogens with zero attached hydrogens (tertiary/aromatic N) is 3. The maximum absolute atomic E-state index is 5.50. The molecule has 0 amide bonds. The number of rotatable bonds is 6. The molecule has 18 heavy (non-hydrogen) atoms. The lowest BCUT2D eigenvalue weighted by Gasteiger charge is -1.99. The third-order valence-electron chi connectivity index (χ3n) is 2.84. The minimum absolute atomic E-state index is 0.555. The number of aryl methyl sites for hydroxylation is 2. The normalized spacial score (nSPS) is 11.1. The van der Waals surface area contributed by atoms with Crippen LogP contribution in [0, 0.1) is 0 Å². The Bertz CT molecular complexity index is 501. The van der Waals surface area contributed by atoms with E-state index in [1.165, 1.54) is 0 Å². The SMILES string of the molecule is CCNCc1coc(-n2nc(CC)cc2CC)n1. The van der Waals surface area contributed by atoms with Crippen LogP contribution in [0.4, 0.5) is 0 Å². The van der Waals surface area contributed by atoms with E-state index in [4.69, 9.17) is 4.42 Å². The van der Waals surface area contributed by atoms with Gasteiger partial charge in [0.2, 0.25) is 0 Å². The highest BCUT2D eigenvalue weighted by Gasteiger charge is 2.12. The molecule has 2 aromatic rings. The predicted molar refractivity (Wildman–Crippen MR) is 69.8 cm³/mol. The van der Waals surface area contributed by atoms with Crippen molar-refractivity contribution in [1.29, 1.82) is 0 Å². The lowest BCUT2D eigenvalue weighted by Crippen LogP contribution is -2.12. The van der Waals surface area contributed by atoms with Gasteiger partial charge < -0.3 is 9.73 Å². The second-order valence-electron chi connectivity index (χ2n) is 4.15. The molecule has 2 rings (SSSR count). The summed E-state index contributed by atoms with van der Waals surface area (Å²) in [4.78, 5) is 4.45. The molecule has 0 atom stereocenters. The van der Waals surface area contributed by atoms with Gasteiger partial charge in [0.25, 0.3) is 0 Å². The second kappa shape index (κ2) is 5.82. The molecular formula is C13H20N4O. The number of nitrogens with one attached hydrogen (secondary N) is 1. The molecule has 0 aliphatic carbocycles. The fourth-order valence-corrected chi connectivity index (χ4v) is 1.79. The van der Waals surface area contributed by atoms with E-state index >= 15 is 0 Å². The van der Waals surface area contributed by atoms with E-state index in [9.17, 15) is 0 Å². The maximum atomic E-state index is 5.50. The monoisotopic (exact) mass is 248 g/mol. The molecular weight excluding hydrogens is 228 g/mol. The van der Waals surface area contributed by atoms with Gasteiger partial charge in [-0.1, -0.05) is 20.8 Å². The van der Waals surface area contributed by atoms with E-state index in [-0.39, 0.29) is 0 Å². The molecule has 98 valence electrons. The molecule has 0 aliphatic heterocycles. The van der Waals surface area contributed by atoms with E-state index in [0.717, 1.165) is 43.0 Å². The van der Waals surface area contributed by atoms with Gasteiger partial charge in [0.1, 0.15) is 6.26 Å². The highest BCUT2D eigenvalue weighted by Crippen LogP contribution is 2.13. The topological polar surface area (TPSA) is 55.9 Å². The molecule has 0 saturated carbocycles. The average Bonchev–Trinajstić information content (AvgIpc) is 3.02. The lowest BCUT2D eigenvalue weighted by atomic mass is 10.3. The third-order valence-corrected chi connectivity index (χ3v) is 2.84. The van der Waals surface area contributed by atoms with Crippen LogP contribution in [0.3, 0.4) is 0 Å². The molecule has 5 heteroatoms. The lowest BCUT2D eigenvalue weighted by molar-refractivity contribution is 0.501. The summed E-state index contributed by atoms with van der Waals surface area (Å²) in [5, 5.41) is 7.73. The zero-order valence-electron chi connectivity index (χ0n) is 11.2. The van der Waals surface area contributed by atoms with Crippen molar-refractivity contribution in [3.05, 3.63) is 29.4 Å². The molecule has 0 bridgehead atoms. The first-order valence-electron chi connectivity index (χ1n) is 6.51. The largest absolute Gasteiger partial charge is 0.430 e. The van der Waals surface area contributed by atoms with Crippen LogP contribution in [-0.2, 0) is 19.4 Å². The molecule has 0 spiro atoms. The Morgan fingerprint density at radius 1 is 1.22 bits per heavy atom. The molecule has 2 heterocycles. The van der Waals surface area contributed by atoms with Gasteiger partial charge in [0, 0.05) is 12.2 Å². The highest BCUT2D eigenvalue weighted by atomic mass is 16.4. The summed E-state index contributed by atoms with van der Waals surface area (Å²) in [6, 6.07) is 2.66. The molecule has 0 saturated heterocycles. The Morgan fingerprint density at radius 3 is 2.72 bits per heavy atom. The van der Waals surface area contributed by atoms with Gasteiger partial charge in [-0.15, -0.1) is 0 Å². The van der Waals surface area contributed by atoms with Crippen LogP contribution in [0.1, 0.15) is 37.9 Å². The number of hydrogen-bond acceptors (Lipinski definition) is 4. The van der Waals surface area contributed by atoms with Crippen molar-refractivity contribution >= 4 is 0 Å². The van der Waals surface area contributed by atoms with E-state index in [2.05, 4.69) is 42.2 Å². The van der Waals surface area contributed by atoms with Crippen molar-refractivity contribution in [2.24, 2.45) is 0 Å². The van der Waals surface area contributed by atoms with Crippen LogP contribution in [0.2, 0.25) is 0 Å². The minimum atomic E-state index is 0.555. The van der Waals surface area contributed by atoms with Crippen LogP contribution in [0.25, 0.3) is 6.01 Å². The van der Waals surface area contributed by atoms with E-state index in [1.807, 2.05) is 0 Å². The summed E-state index contributed by atoms with van der Waals surface area (Å²) in [5.74, 6) is 0. The molecule has 2 aromatic heterocycles. The van der Waals surface area contributed by atoms with Gasteiger partial charge in [-0.2, -0.15) is 14.8 Å². The predicted octanol–water partition coefficient (Wildman–Crippen LogP) is 2.09. The van der Waals surface area contributed by atoms with Crippen molar-refractivity contribution in [2.45, 2.75) is 40.2 Å². The summed E-state index contributed by atoms with van der Waals surface area (Å²) < 4.78 is 7.30. The highest BCUT2D eigenvalue weighted by molar-refractivity contribution is 5.19. The Hall–Kier alpha value is -1.62. The fraction of sp³-hybridized carbons (Fsp3) is 0.538. The minimum Gasteiger partial charge on any atom is -0.430 e. The summed E-state index contributed by atoms with van der Waals surface area (Å²) in [6.45, 7) is 7.92. The van der Waals surface area contributed by atoms with Gasteiger partial charge in [-0.3, -0.25) is 0 Å². The van der Waals surface area contributed by atoms with E-state index in [1.54, 1.807) is 10.9 Å². The quantitative estimate of drug-likeness (QED) is 0.850. The Balaban J connectivity index is 2.24. The van der Waals surface area contributed by atoms with Crippen molar-refractivity contribution < 1.29 is 4.42 Å². The first-order chi connectivity index (χ1) is 8.78. The van der Waals surface area contributed by atoms with Gasteiger partial charge >= 0.3 is 6.01 Å². The fourth-order valence-electron chi connectivity index (χ4n) is 1.79. The van der Waals surface area contributed by atoms with Crippen LogP contribution in [0.15, 0.2) is 16.7 Å². The summed E-state index contributed by atoms with van der Waals surface area (Å²) in [5.41, 5.74) is 3.10. The van der Waals surface area contributed by atoms with Crippen molar-refractivity contribution in [1.82, 2.24) is 20.1 Å². The summed E-state index contributed by atoms with van der Waals surface area (Å²) >= 11 is 0. The van der Waals surface area contributed by atoms with Crippen molar-refractivity contribution in [3.63, 3.8) is 0 Å². The number of oxazole rings is 1. The van der Waals surface area contributed by atoms with Gasteiger partial charge in [-0.25, -0.2) is 0 Å². The number of aromatic nitrogens is 3. The van der Waals surface area contributed by atoms with Crippen LogP contribution >= 0.6 is 0 Å². The van der Waals surface area contributed by atoms with E-state index < -0.39 is 0 Å². The molecule has 0 aliphatic rings. The van der Waals surface area contributed by atoms with Crippen LogP contribution < -0.4 is 5.32 Å². The Kier molecular flexibility index (Phi) is 4.15. The standard InChI is InChI=1S/C13H20N4O/c1-4-10-7-12(5-2)17(16-10)13-15-11(9-18-13)8-14-6-3/h7,9,14H,4-6,8H2,1-3H3. The zero-order valence-corrected chi connectivity index (χ0v) is 11.2. The molecule has 0 radical (unpaired) electrons. The number of hydrogen-bond donors (Lipinski definition) is 1. The van der Waals surface area contributed by atoms with E-state index in [0.29, 0.717) is 6.01 Å². The van der Waals surface area contributed by atoms with Crippen LogP contribution in [0.5, 0.6) is 0 Å². The average molecular weight is 248 g/mol. The van der Waals surface area contributed by atoms with Crippen molar-refractivity contribution in [3.8, 4) is 6.01 Å². The second-order valence-corrected chi connectivity index (χ2v) is 4.15. The summed E-state index contributed by atoms with van der Waals surface area (Å²) in [7, 11) is 0. The maximum Gasteiger partial charge on any atom is 0.323 e. The van der Waals surface area contributed by atoms with Gasteiger partial charge in [0.05, 0.1) is 11.4 Å².